The first-order valence-corrected chi connectivity index (χ1v) is 9.12. The van der Waals surface area contributed by atoms with E-state index in [1.54, 1.807) is 0 Å². The van der Waals surface area contributed by atoms with Gasteiger partial charge in [-0.3, -0.25) is 0 Å². The van der Waals surface area contributed by atoms with Crippen molar-refractivity contribution in [2.75, 3.05) is 6.61 Å². The van der Waals surface area contributed by atoms with Gasteiger partial charge in [0.2, 0.25) is 0 Å². The highest BCUT2D eigenvalue weighted by molar-refractivity contribution is 5.26. The van der Waals surface area contributed by atoms with Gasteiger partial charge in [-0.2, -0.15) is 0 Å². The Hall–Kier alpha value is -1.02. The predicted octanol–water partition coefficient (Wildman–Crippen LogP) is 6.22. The number of hydrogen-bond donors (Lipinski definition) is 1. The molecule has 1 N–H and O–H groups in total. The zero-order valence-corrected chi connectivity index (χ0v) is 15.7. The maximum atomic E-state index is 8.96. The van der Waals surface area contributed by atoms with Gasteiger partial charge in [0.1, 0.15) is 5.75 Å². The van der Waals surface area contributed by atoms with Crippen molar-refractivity contribution in [2.24, 2.45) is 5.92 Å². The summed E-state index contributed by atoms with van der Waals surface area (Å²) in [5.41, 5.74) is 0.928. The number of aliphatic hydroxyl groups is 1. The molecule has 0 saturated carbocycles. The minimum Gasteiger partial charge on any atom is -0.493 e. The molecule has 0 amide bonds. The standard InChI is InChI=1S/C16H26O2.2C2H6/c1-3-5-6-7-14(4-2)13-18-16-10-8-15(12-17)9-11-16;2*1-2/h8-11,14,17H,3-7,12-13H2,1-2H3;2*1-2H3. The Bertz CT molecular complexity index is 306. The van der Waals surface area contributed by atoms with E-state index in [9.17, 15) is 0 Å². The van der Waals surface area contributed by atoms with Gasteiger partial charge >= 0.3 is 0 Å². The molecule has 2 heteroatoms. The van der Waals surface area contributed by atoms with Crippen molar-refractivity contribution in [1.29, 1.82) is 0 Å². The van der Waals surface area contributed by atoms with Crippen molar-refractivity contribution in [3.8, 4) is 5.75 Å². The van der Waals surface area contributed by atoms with Gasteiger partial charge in [-0.05, 0) is 30.0 Å². The van der Waals surface area contributed by atoms with Crippen LogP contribution in [0.25, 0.3) is 0 Å². The van der Waals surface area contributed by atoms with E-state index in [-0.39, 0.29) is 6.61 Å². The van der Waals surface area contributed by atoms with Crippen LogP contribution in [0.15, 0.2) is 24.3 Å². The highest BCUT2D eigenvalue weighted by Gasteiger charge is 2.07. The highest BCUT2D eigenvalue weighted by atomic mass is 16.5. The monoisotopic (exact) mass is 310 g/mol. The van der Waals surface area contributed by atoms with Crippen molar-refractivity contribution in [2.45, 2.75) is 80.3 Å². The first-order valence-electron chi connectivity index (χ1n) is 9.12. The molecule has 0 spiro atoms. The Morgan fingerprint density at radius 1 is 0.955 bits per heavy atom. The average Bonchev–Trinajstić information content (AvgIpc) is 2.62. The molecule has 1 aromatic rings. The topological polar surface area (TPSA) is 29.5 Å². The number of benzene rings is 1. The lowest BCUT2D eigenvalue weighted by Gasteiger charge is -2.15. The molecule has 0 aliphatic carbocycles. The predicted molar refractivity (Wildman–Crippen MR) is 98.5 cm³/mol. The Kier molecular flexibility index (Phi) is 19.1. The van der Waals surface area contributed by atoms with Crippen molar-refractivity contribution < 1.29 is 9.84 Å². The van der Waals surface area contributed by atoms with E-state index in [1.807, 2.05) is 52.0 Å². The van der Waals surface area contributed by atoms with E-state index >= 15 is 0 Å². The van der Waals surface area contributed by atoms with Crippen LogP contribution in [0, 0.1) is 5.92 Å². The number of unbranched alkanes of at least 4 members (excludes halogenated alkanes) is 2. The van der Waals surface area contributed by atoms with E-state index in [0.29, 0.717) is 5.92 Å². The molecule has 0 bridgehead atoms. The largest absolute Gasteiger partial charge is 0.493 e. The third-order valence-corrected chi connectivity index (χ3v) is 3.38. The van der Waals surface area contributed by atoms with Crippen LogP contribution in [0.3, 0.4) is 0 Å². The van der Waals surface area contributed by atoms with Crippen LogP contribution < -0.4 is 4.74 Å². The molecule has 2 nitrogen and oxygen atoms in total. The summed E-state index contributed by atoms with van der Waals surface area (Å²) >= 11 is 0. The van der Waals surface area contributed by atoms with Crippen LogP contribution in [0.2, 0.25) is 0 Å². The molecule has 0 aliphatic rings. The maximum absolute atomic E-state index is 8.96. The molecular weight excluding hydrogens is 272 g/mol. The fraction of sp³-hybridized carbons (Fsp3) is 0.700. The summed E-state index contributed by atoms with van der Waals surface area (Å²) < 4.78 is 5.81. The lowest BCUT2D eigenvalue weighted by Crippen LogP contribution is -2.11. The van der Waals surface area contributed by atoms with Crippen molar-refractivity contribution in [1.82, 2.24) is 0 Å². The van der Waals surface area contributed by atoms with Gasteiger partial charge in [0.15, 0.2) is 0 Å². The Morgan fingerprint density at radius 2 is 1.55 bits per heavy atom. The van der Waals surface area contributed by atoms with Crippen molar-refractivity contribution in [3.05, 3.63) is 29.8 Å². The third kappa shape index (κ3) is 11.6. The van der Waals surface area contributed by atoms with Crippen LogP contribution >= 0.6 is 0 Å². The van der Waals surface area contributed by atoms with E-state index in [4.69, 9.17) is 9.84 Å². The average molecular weight is 311 g/mol. The molecule has 0 heterocycles. The highest BCUT2D eigenvalue weighted by Crippen LogP contribution is 2.17. The van der Waals surface area contributed by atoms with Gasteiger partial charge in [-0.15, -0.1) is 0 Å². The van der Waals surface area contributed by atoms with Gasteiger partial charge in [0.05, 0.1) is 13.2 Å². The van der Waals surface area contributed by atoms with Crippen LogP contribution in [-0.2, 0) is 6.61 Å². The van der Waals surface area contributed by atoms with Crippen LogP contribution in [0.5, 0.6) is 5.75 Å². The molecule has 0 aromatic heterocycles. The van der Waals surface area contributed by atoms with Gasteiger partial charge in [0, 0.05) is 0 Å². The van der Waals surface area contributed by atoms with Crippen molar-refractivity contribution in [3.63, 3.8) is 0 Å². The summed E-state index contributed by atoms with van der Waals surface area (Å²) in [5, 5.41) is 8.96. The SMILES string of the molecule is CC.CC.CCCCCC(CC)COc1ccc(CO)cc1. The fourth-order valence-corrected chi connectivity index (χ4v) is 1.99. The summed E-state index contributed by atoms with van der Waals surface area (Å²) in [6.45, 7) is 13.4. The molecule has 1 aromatic carbocycles. The minimum atomic E-state index is 0.0921. The number of ether oxygens (including phenoxy) is 1. The molecule has 1 rings (SSSR count). The normalized spacial score (nSPS) is 10.7. The lowest BCUT2D eigenvalue weighted by molar-refractivity contribution is 0.232. The second-order valence-electron chi connectivity index (χ2n) is 4.88. The third-order valence-electron chi connectivity index (χ3n) is 3.38. The van der Waals surface area contributed by atoms with E-state index < -0.39 is 0 Å². The number of rotatable bonds is 9. The first-order chi connectivity index (χ1) is 10.8. The Balaban J connectivity index is 0. The lowest BCUT2D eigenvalue weighted by atomic mass is 10.00. The van der Waals surface area contributed by atoms with Gasteiger partial charge in [-0.25, -0.2) is 0 Å². The molecule has 22 heavy (non-hydrogen) atoms. The maximum Gasteiger partial charge on any atom is 0.119 e. The molecule has 0 radical (unpaired) electrons. The Labute approximate surface area is 138 Å². The molecule has 0 aliphatic heterocycles. The molecular formula is C20H38O2. The molecule has 0 saturated heterocycles. The fourth-order valence-electron chi connectivity index (χ4n) is 1.99. The Morgan fingerprint density at radius 3 is 2.00 bits per heavy atom. The smallest absolute Gasteiger partial charge is 0.119 e. The summed E-state index contributed by atoms with van der Waals surface area (Å²) in [6.07, 6.45) is 6.35. The van der Waals surface area contributed by atoms with Crippen molar-refractivity contribution >= 4 is 0 Å². The zero-order chi connectivity index (χ0) is 17.2. The second-order valence-corrected chi connectivity index (χ2v) is 4.88. The van der Waals surface area contributed by atoms with Gasteiger partial charge in [-0.1, -0.05) is 79.4 Å². The van der Waals surface area contributed by atoms with Gasteiger partial charge < -0.3 is 9.84 Å². The minimum absolute atomic E-state index is 0.0921. The summed E-state index contributed by atoms with van der Waals surface area (Å²) in [5.74, 6) is 1.57. The molecule has 0 fully saturated rings. The number of hydrogen-bond acceptors (Lipinski definition) is 2. The molecule has 130 valence electrons. The summed E-state index contributed by atoms with van der Waals surface area (Å²) in [6, 6.07) is 7.69. The van der Waals surface area contributed by atoms with Gasteiger partial charge in [0.25, 0.3) is 0 Å². The van der Waals surface area contributed by atoms with E-state index in [1.165, 1.54) is 32.1 Å². The summed E-state index contributed by atoms with van der Waals surface area (Å²) in [7, 11) is 0. The number of aliphatic hydroxyl groups excluding tert-OH is 1. The quantitative estimate of drug-likeness (QED) is 0.549. The van der Waals surface area contributed by atoms with Crippen LogP contribution in [-0.4, -0.2) is 11.7 Å². The summed E-state index contributed by atoms with van der Waals surface area (Å²) in [4.78, 5) is 0. The molecule has 1 unspecified atom stereocenters. The zero-order valence-electron chi connectivity index (χ0n) is 15.7. The van der Waals surface area contributed by atoms with E-state index in [0.717, 1.165) is 17.9 Å². The second kappa shape index (κ2) is 18.0. The van der Waals surface area contributed by atoms with E-state index in [2.05, 4.69) is 13.8 Å². The first kappa shape index (κ1) is 23.2. The van der Waals surface area contributed by atoms with Crippen LogP contribution in [0.1, 0.15) is 79.2 Å². The van der Waals surface area contributed by atoms with Crippen LogP contribution in [0.4, 0.5) is 0 Å². The molecule has 1 atom stereocenters.